The Morgan fingerprint density at radius 2 is 1.74 bits per heavy atom. The van der Waals surface area contributed by atoms with Gasteiger partial charge >= 0.3 is 0 Å². The van der Waals surface area contributed by atoms with Crippen LogP contribution >= 0.6 is 11.3 Å². The minimum Gasteiger partial charge on any atom is -0.490 e. The molecule has 6 heteroatoms. The monoisotopic (exact) mass is 478 g/mol. The number of fused-ring (bicyclic) bond motifs is 4. The van der Waals surface area contributed by atoms with Crippen molar-refractivity contribution in [3.05, 3.63) is 111 Å². The molecule has 5 nitrogen and oxygen atoms in total. The fraction of sp³-hybridized carbons (Fsp3) is 0.103. The van der Waals surface area contributed by atoms with Crippen LogP contribution in [0.25, 0.3) is 32.8 Å². The maximum Gasteiger partial charge on any atom is 0.274 e. The fourth-order valence-corrected chi connectivity index (χ4v) is 5.33. The third-order valence-electron chi connectivity index (χ3n) is 5.97. The molecule has 0 fully saturated rings. The van der Waals surface area contributed by atoms with Gasteiger partial charge in [-0.15, -0.1) is 0 Å². The van der Waals surface area contributed by atoms with Gasteiger partial charge in [0.05, 0.1) is 22.2 Å². The van der Waals surface area contributed by atoms with Gasteiger partial charge in [-0.05, 0) is 59.2 Å². The molecule has 6 aromatic rings. The summed E-state index contributed by atoms with van der Waals surface area (Å²) < 4.78 is 14.4. The summed E-state index contributed by atoms with van der Waals surface area (Å²) in [5.41, 5.74) is 3.58. The normalized spacial score (nSPS) is 12.1. The van der Waals surface area contributed by atoms with E-state index in [0.29, 0.717) is 34.2 Å². The van der Waals surface area contributed by atoms with E-state index in [4.69, 9.17) is 9.47 Å². The van der Waals surface area contributed by atoms with Gasteiger partial charge in [0.25, 0.3) is 5.56 Å². The van der Waals surface area contributed by atoms with Crippen molar-refractivity contribution in [3.63, 3.8) is 0 Å². The summed E-state index contributed by atoms with van der Waals surface area (Å²) in [6.45, 7) is 2.89. The highest BCUT2D eigenvalue weighted by molar-refractivity contribution is 7.15. The van der Waals surface area contributed by atoms with Crippen LogP contribution in [-0.4, -0.2) is 16.0 Å². The van der Waals surface area contributed by atoms with Crippen LogP contribution in [0.15, 0.2) is 89.7 Å². The Kier molecular flexibility index (Phi) is 5.43. The number of hydrogen-bond donors (Lipinski definition) is 0. The number of imidazole rings is 1. The first kappa shape index (κ1) is 21.4. The van der Waals surface area contributed by atoms with Crippen molar-refractivity contribution < 1.29 is 9.47 Å². The molecule has 172 valence electrons. The van der Waals surface area contributed by atoms with Crippen molar-refractivity contribution in [3.8, 4) is 11.5 Å². The molecule has 0 radical (unpaired) electrons. The minimum absolute atomic E-state index is 0.0621. The molecule has 0 unspecified atom stereocenters. The molecule has 0 saturated heterocycles. The molecule has 0 saturated carbocycles. The highest BCUT2D eigenvalue weighted by atomic mass is 32.1. The molecule has 2 aromatic heterocycles. The molecule has 0 aliphatic carbocycles. The van der Waals surface area contributed by atoms with E-state index in [-0.39, 0.29) is 5.56 Å². The quantitative estimate of drug-likeness (QED) is 0.313. The number of thiazole rings is 1. The lowest BCUT2D eigenvalue weighted by atomic mass is 10.1. The Morgan fingerprint density at radius 1 is 0.914 bits per heavy atom. The predicted octanol–water partition coefficient (Wildman–Crippen LogP) is 5.59. The van der Waals surface area contributed by atoms with Crippen molar-refractivity contribution in [2.45, 2.75) is 13.5 Å². The summed E-state index contributed by atoms with van der Waals surface area (Å²) in [6.07, 6.45) is 1.88. The van der Waals surface area contributed by atoms with E-state index >= 15 is 0 Å². The van der Waals surface area contributed by atoms with E-state index in [1.54, 1.807) is 4.40 Å². The predicted molar refractivity (Wildman–Crippen MR) is 142 cm³/mol. The first-order valence-corrected chi connectivity index (χ1v) is 12.3. The smallest absolute Gasteiger partial charge is 0.274 e. The fourth-order valence-electron chi connectivity index (χ4n) is 4.34. The Hall–Kier alpha value is -4.16. The highest BCUT2D eigenvalue weighted by Gasteiger charge is 2.12. The van der Waals surface area contributed by atoms with Gasteiger partial charge in [-0.3, -0.25) is 4.79 Å². The summed E-state index contributed by atoms with van der Waals surface area (Å²) in [5, 5.41) is 2.36. The van der Waals surface area contributed by atoms with Crippen LogP contribution in [0.2, 0.25) is 0 Å². The van der Waals surface area contributed by atoms with Crippen molar-refractivity contribution in [1.29, 1.82) is 0 Å². The van der Waals surface area contributed by atoms with Gasteiger partial charge in [0.2, 0.25) is 0 Å². The number of para-hydroxylation sites is 2. The van der Waals surface area contributed by atoms with E-state index in [1.165, 1.54) is 22.1 Å². The van der Waals surface area contributed by atoms with Crippen LogP contribution in [0.4, 0.5) is 0 Å². The zero-order valence-electron chi connectivity index (χ0n) is 19.1. The van der Waals surface area contributed by atoms with E-state index in [0.717, 1.165) is 22.2 Å². The number of ether oxygens (including phenoxy) is 2. The molecule has 0 spiro atoms. The van der Waals surface area contributed by atoms with Crippen LogP contribution in [0.3, 0.4) is 0 Å². The Bertz CT molecular complexity index is 1800. The third-order valence-corrected chi connectivity index (χ3v) is 6.94. The lowest BCUT2D eigenvalue weighted by Gasteiger charge is -2.13. The second-order valence-corrected chi connectivity index (χ2v) is 9.21. The average molecular weight is 479 g/mol. The second-order valence-electron chi connectivity index (χ2n) is 8.20. The summed E-state index contributed by atoms with van der Waals surface area (Å²) in [4.78, 5) is 18.4. The van der Waals surface area contributed by atoms with Crippen molar-refractivity contribution in [1.82, 2.24) is 9.38 Å². The van der Waals surface area contributed by atoms with E-state index in [9.17, 15) is 4.79 Å². The van der Waals surface area contributed by atoms with Crippen LogP contribution in [0, 0.1) is 0 Å². The molecule has 35 heavy (non-hydrogen) atoms. The van der Waals surface area contributed by atoms with Crippen LogP contribution in [0.5, 0.6) is 11.5 Å². The van der Waals surface area contributed by atoms with Gasteiger partial charge in [-0.2, -0.15) is 0 Å². The topological polar surface area (TPSA) is 52.8 Å². The molecular weight excluding hydrogens is 456 g/mol. The molecule has 4 aromatic carbocycles. The highest BCUT2D eigenvalue weighted by Crippen LogP contribution is 2.30. The van der Waals surface area contributed by atoms with E-state index in [2.05, 4.69) is 29.2 Å². The lowest BCUT2D eigenvalue weighted by molar-refractivity contribution is 0.270. The number of hydrogen-bond acceptors (Lipinski definition) is 5. The SMILES string of the molecule is CCOc1cc(/C=c2\sc3nc4ccccc4n3c2=O)ccc1OCc1cccc2ccccc12. The minimum atomic E-state index is -0.0621. The van der Waals surface area contributed by atoms with Gasteiger partial charge in [-0.1, -0.05) is 72.0 Å². The van der Waals surface area contributed by atoms with E-state index in [1.807, 2.05) is 73.7 Å². The maximum absolute atomic E-state index is 13.1. The maximum atomic E-state index is 13.1. The zero-order chi connectivity index (χ0) is 23.8. The summed E-state index contributed by atoms with van der Waals surface area (Å²) in [5.74, 6) is 1.33. The van der Waals surface area contributed by atoms with Gasteiger partial charge in [-0.25, -0.2) is 9.38 Å². The summed E-state index contributed by atoms with van der Waals surface area (Å²) >= 11 is 1.39. The summed E-state index contributed by atoms with van der Waals surface area (Å²) in [6, 6.07) is 28.0. The molecule has 0 atom stereocenters. The molecule has 0 amide bonds. The lowest BCUT2D eigenvalue weighted by Crippen LogP contribution is -2.22. The Morgan fingerprint density at radius 3 is 2.66 bits per heavy atom. The molecule has 0 aliphatic heterocycles. The Balaban J connectivity index is 1.34. The zero-order valence-corrected chi connectivity index (χ0v) is 19.9. The standard InChI is InChI=1S/C29H22N2O3S/c1-2-33-26-16-19(17-27-28(32)31-24-13-6-5-12-23(24)30-29(31)35-27)14-15-25(26)34-18-21-10-7-9-20-8-3-4-11-22(20)21/h3-17H,2,18H2,1H3/b27-17-. The largest absolute Gasteiger partial charge is 0.490 e. The summed E-state index contributed by atoms with van der Waals surface area (Å²) in [7, 11) is 0. The van der Waals surface area contributed by atoms with Crippen LogP contribution in [0.1, 0.15) is 18.1 Å². The average Bonchev–Trinajstić information content (AvgIpc) is 3.39. The van der Waals surface area contributed by atoms with Gasteiger partial charge in [0.15, 0.2) is 16.5 Å². The number of nitrogens with zero attached hydrogens (tertiary/aromatic N) is 2. The number of rotatable bonds is 6. The van der Waals surface area contributed by atoms with Crippen LogP contribution < -0.4 is 19.6 Å². The number of aromatic nitrogens is 2. The van der Waals surface area contributed by atoms with Gasteiger partial charge < -0.3 is 9.47 Å². The molecule has 0 N–H and O–H groups in total. The van der Waals surface area contributed by atoms with Crippen LogP contribution in [-0.2, 0) is 6.61 Å². The third kappa shape index (κ3) is 3.92. The number of benzene rings is 4. The van der Waals surface area contributed by atoms with Gasteiger partial charge in [0, 0.05) is 0 Å². The first-order chi connectivity index (χ1) is 17.2. The molecule has 2 heterocycles. The van der Waals surface area contributed by atoms with Crippen molar-refractivity contribution >= 4 is 44.2 Å². The van der Waals surface area contributed by atoms with Crippen molar-refractivity contribution in [2.75, 3.05) is 6.61 Å². The second kappa shape index (κ2) is 8.89. The van der Waals surface area contributed by atoms with E-state index < -0.39 is 0 Å². The van der Waals surface area contributed by atoms with Crippen molar-refractivity contribution in [2.24, 2.45) is 0 Å². The Labute approximate surface area is 205 Å². The molecule has 6 rings (SSSR count). The first-order valence-electron chi connectivity index (χ1n) is 11.5. The molecule has 0 bridgehead atoms. The molecule has 0 aliphatic rings. The van der Waals surface area contributed by atoms with Gasteiger partial charge in [0.1, 0.15) is 6.61 Å². The molecular formula is C29H22N2O3S.